The van der Waals surface area contributed by atoms with Gasteiger partial charge in [0.1, 0.15) is 6.61 Å². The molecule has 0 saturated heterocycles. The predicted octanol–water partition coefficient (Wildman–Crippen LogP) is -0.463. The molecule has 0 aromatic heterocycles. The molecular weight excluding hydrogens is 152 g/mol. The lowest BCUT2D eigenvalue weighted by Crippen LogP contribution is -1.68. The van der Waals surface area contributed by atoms with Gasteiger partial charge in [0.25, 0.3) is 0 Å². The second-order valence-electron chi connectivity index (χ2n) is 1.56. The Morgan fingerprint density at radius 1 is 1.00 bits per heavy atom. The highest BCUT2D eigenvalue weighted by Crippen LogP contribution is 1.65. The summed E-state index contributed by atoms with van der Waals surface area (Å²) in [6, 6.07) is 0. The van der Waals surface area contributed by atoms with Crippen LogP contribution in [-0.4, -0.2) is 23.4 Å². The zero-order chi connectivity index (χ0) is 9.07. The Balaban J connectivity index is 3.81. The number of allylic oxidation sites excluding steroid dienone is 1. The molecule has 0 aliphatic rings. The summed E-state index contributed by atoms with van der Waals surface area (Å²) in [5.74, 6) is 14.7. The summed E-state index contributed by atoms with van der Waals surface area (Å²) in [5, 5.41) is 16.5. The summed E-state index contributed by atoms with van der Waals surface area (Å²) in [7, 11) is 0. The first kappa shape index (κ1) is 10.3. The van der Waals surface area contributed by atoms with Gasteiger partial charge in [0, 0.05) is 0 Å². The Morgan fingerprint density at radius 2 is 1.75 bits per heavy atom. The average Bonchev–Trinajstić information content (AvgIpc) is 2.10. The maximum atomic E-state index is 8.30. The van der Waals surface area contributed by atoms with E-state index in [2.05, 4.69) is 35.5 Å². The van der Waals surface area contributed by atoms with Crippen LogP contribution in [0.5, 0.6) is 0 Å². The zero-order valence-corrected chi connectivity index (χ0v) is 6.46. The van der Waals surface area contributed by atoms with Gasteiger partial charge < -0.3 is 10.2 Å². The molecular formula is C10H8O2. The fourth-order valence-corrected chi connectivity index (χ4v) is 0.336. The lowest BCUT2D eigenvalue weighted by atomic mass is 10.5. The maximum Gasteiger partial charge on any atom is 0.105 e. The number of hydrogen-bond donors (Lipinski definition) is 2. The fourth-order valence-electron chi connectivity index (χ4n) is 0.336. The molecule has 0 aliphatic carbocycles. The van der Waals surface area contributed by atoms with Crippen LogP contribution < -0.4 is 0 Å². The number of aliphatic hydroxyl groups is 2. The van der Waals surface area contributed by atoms with Crippen LogP contribution in [0.2, 0.25) is 0 Å². The van der Waals surface area contributed by atoms with Gasteiger partial charge in [0.2, 0.25) is 0 Å². The summed E-state index contributed by atoms with van der Waals surface area (Å²) in [4.78, 5) is 0. The Kier molecular flexibility index (Phi) is 8.05. The average molecular weight is 160 g/mol. The molecule has 2 N–H and O–H groups in total. The van der Waals surface area contributed by atoms with E-state index in [4.69, 9.17) is 10.2 Å². The second kappa shape index (κ2) is 9.34. The molecule has 0 unspecified atom stereocenters. The van der Waals surface area contributed by atoms with Gasteiger partial charge >= 0.3 is 0 Å². The Bertz CT molecular complexity index is 307. The number of rotatable bonds is 1. The Labute approximate surface area is 71.9 Å². The van der Waals surface area contributed by atoms with Gasteiger partial charge in [-0.25, -0.2) is 0 Å². The maximum absolute atomic E-state index is 8.30. The molecule has 0 amide bonds. The lowest BCUT2D eigenvalue weighted by molar-refractivity contribution is 0.343. The molecule has 0 saturated carbocycles. The summed E-state index contributed by atoms with van der Waals surface area (Å²) >= 11 is 0. The van der Waals surface area contributed by atoms with Crippen molar-refractivity contribution in [2.24, 2.45) is 0 Å². The molecule has 0 bridgehead atoms. The lowest BCUT2D eigenvalue weighted by Gasteiger charge is -1.68. The van der Waals surface area contributed by atoms with Crippen molar-refractivity contribution in [1.82, 2.24) is 0 Å². The molecule has 0 aliphatic heterocycles. The van der Waals surface area contributed by atoms with Crippen molar-refractivity contribution in [3.63, 3.8) is 0 Å². The van der Waals surface area contributed by atoms with Crippen LogP contribution in [0, 0.1) is 35.5 Å². The van der Waals surface area contributed by atoms with E-state index in [0.29, 0.717) is 0 Å². The highest BCUT2D eigenvalue weighted by Gasteiger charge is 1.60. The normalized spacial score (nSPS) is 7.17. The van der Waals surface area contributed by atoms with E-state index in [0.717, 1.165) is 0 Å². The zero-order valence-electron chi connectivity index (χ0n) is 6.46. The molecule has 0 radical (unpaired) electrons. The molecule has 0 rings (SSSR count). The molecule has 0 heterocycles. The molecule has 0 aromatic carbocycles. The van der Waals surface area contributed by atoms with Crippen molar-refractivity contribution in [2.75, 3.05) is 13.2 Å². The smallest absolute Gasteiger partial charge is 0.105 e. The predicted molar refractivity (Wildman–Crippen MR) is 46.6 cm³/mol. The largest absolute Gasteiger partial charge is 0.392 e. The first-order valence-electron chi connectivity index (χ1n) is 3.27. The minimum Gasteiger partial charge on any atom is -0.392 e. The molecule has 2 heteroatoms. The molecule has 0 fully saturated rings. The monoisotopic (exact) mass is 160 g/mol. The Morgan fingerprint density at radius 3 is 2.42 bits per heavy atom. The van der Waals surface area contributed by atoms with E-state index in [1.54, 1.807) is 0 Å². The van der Waals surface area contributed by atoms with Gasteiger partial charge in [-0.3, -0.25) is 0 Å². The van der Waals surface area contributed by atoms with Crippen LogP contribution in [0.25, 0.3) is 0 Å². The summed E-state index contributed by atoms with van der Waals surface area (Å²) < 4.78 is 0. The number of aliphatic hydroxyl groups excluding tert-OH is 2. The molecule has 60 valence electrons. The summed E-state index contributed by atoms with van der Waals surface area (Å²) in [5.41, 5.74) is 0. The summed E-state index contributed by atoms with van der Waals surface area (Å²) in [6.07, 6.45) is 3.02. The highest BCUT2D eigenvalue weighted by molar-refractivity contribution is 5.37. The van der Waals surface area contributed by atoms with Gasteiger partial charge in [-0.2, -0.15) is 0 Å². The van der Waals surface area contributed by atoms with E-state index in [-0.39, 0.29) is 13.2 Å². The molecule has 2 nitrogen and oxygen atoms in total. The van der Waals surface area contributed by atoms with Crippen molar-refractivity contribution in [2.45, 2.75) is 0 Å². The van der Waals surface area contributed by atoms with Crippen molar-refractivity contribution in [3.8, 4) is 35.5 Å². The van der Waals surface area contributed by atoms with Crippen molar-refractivity contribution < 1.29 is 10.2 Å². The molecule has 12 heavy (non-hydrogen) atoms. The Hall–Kier alpha value is -1.66. The van der Waals surface area contributed by atoms with Crippen LogP contribution in [0.15, 0.2) is 12.2 Å². The van der Waals surface area contributed by atoms with E-state index < -0.39 is 0 Å². The fraction of sp³-hybridized carbons (Fsp3) is 0.200. The second-order valence-corrected chi connectivity index (χ2v) is 1.56. The van der Waals surface area contributed by atoms with Gasteiger partial charge in [0.05, 0.1) is 6.61 Å². The molecule has 0 aromatic rings. The first-order valence-corrected chi connectivity index (χ1v) is 3.27. The van der Waals surface area contributed by atoms with Crippen molar-refractivity contribution in [1.29, 1.82) is 0 Å². The molecule has 0 atom stereocenters. The van der Waals surface area contributed by atoms with Gasteiger partial charge in [-0.1, -0.05) is 17.9 Å². The van der Waals surface area contributed by atoms with E-state index in [1.165, 1.54) is 12.2 Å². The quantitative estimate of drug-likeness (QED) is 0.509. The molecule has 0 spiro atoms. The topological polar surface area (TPSA) is 40.5 Å². The van der Waals surface area contributed by atoms with Crippen molar-refractivity contribution >= 4 is 0 Å². The SMILES string of the molecule is OCC#CC#CC#CC=CCO. The van der Waals surface area contributed by atoms with E-state index in [1.807, 2.05) is 0 Å². The van der Waals surface area contributed by atoms with Crippen LogP contribution in [0.4, 0.5) is 0 Å². The van der Waals surface area contributed by atoms with Crippen LogP contribution in [0.3, 0.4) is 0 Å². The first-order chi connectivity index (χ1) is 5.91. The third-order valence-electron chi connectivity index (χ3n) is 0.734. The highest BCUT2D eigenvalue weighted by atomic mass is 16.3. The van der Waals surface area contributed by atoms with E-state index in [9.17, 15) is 0 Å². The van der Waals surface area contributed by atoms with Gasteiger partial charge in [-0.05, 0) is 29.8 Å². The van der Waals surface area contributed by atoms with Gasteiger partial charge in [0.15, 0.2) is 0 Å². The van der Waals surface area contributed by atoms with Crippen LogP contribution in [-0.2, 0) is 0 Å². The van der Waals surface area contributed by atoms with Crippen molar-refractivity contribution in [3.05, 3.63) is 12.2 Å². The minimum atomic E-state index is -0.188. The third-order valence-corrected chi connectivity index (χ3v) is 0.734. The van der Waals surface area contributed by atoms with Crippen LogP contribution in [0.1, 0.15) is 0 Å². The minimum absolute atomic E-state index is 0.0214. The van der Waals surface area contributed by atoms with E-state index >= 15 is 0 Å². The van der Waals surface area contributed by atoms with Crippen LogP contribution >= 0.6 is 0 Å². The van der Waals surface area contributed by atoms with Gasteiger partial charge in [-0.15, -0.1) is 0 Å². The summed E-state index contributed by atoms with van der Waals surface area (Å²) in [6.45, 7) is -0.209. The number of hydrogen-bond acceptors (Lipinski definition) is 2. The standard InChI is InChI=1S/C10H8O2/c11-9-7-5-3-1-2-4-6-8-10-12/h5,7,11-12H,9-10H2. The third kappa shape index (κ3) is 8.34.